The number of nitrogens with zero attached hydrogens (tertiary/aromatic N) is 3. The normalized spacial score (nSPS) is 19.3. The first-order valence-electron chi connectivity index (χ1n) is 8.20. The zero-order chi connectivity index (χ0) is 16.0. The van der Waals surface area contributed by atoms with Crippen molar-refractivity contribution in [2.75, 3.05) is 25.0 Å². The Morgan fingerprint density at radius 1 is 1.30 bits per heavy atom. The van der Waals surface area contributed by atoms with Crippen LogP contribution < -0.4 is 4.90 Å². The van der Waals surface area contributed by atoms with Crippen LogP contribution >= 0.6 is 11.3 Å². The number of fused-ring (bicyclic) bond motifs is 1. The fourth-order valence-corrected chi connectivity index (χ4v) is 4.31. The molecular formula is C17H20FN3OS. The average molecular weight is 333 g/mol. The number of amides is 1. The molecule has 1 aromatic carbocycles. The van der Waals surface area contributed by atoms with Crippen LogP contribution in [0.3, 0.4) is 0 Å². The van der Waals surface area contributed by atoms with E-state index in [0.717, 1.165) is 48.6 Å². The average Bonchev–Trinajstić information content (AvgIpc) is 3.33. The molecule has 0 N–H and O–H groups in total. The zero-order valence-electron chi connectivity index (χ0n) is 13.2. The molecule has 4 rings (SSSR count). The van der Waals surface area contributed by atoms with E-state index >= 15 is 0 Å². The minimum Gasteiger partial charge on any atom is -0.348 e. The Hall–Kier alpha value is -1.69. The number of halogens is 1. The van der Waals surface area contributed by atoms with Gasteiger partial charge in [0.25, 0.3) is 0 Å². The van der Waals surface area contributed by atoms with Crippen molar-refractivity contribution in [2.45, 2.75) is 31.7 Å². The van der Waals surface area contributed by atoms with Crippen molar-refractivity contribution < 1.29 is 9.18 Å². The Morgan fingerprint density at radius 3 is 2.70 bits per heavy atom. The lowest BCUT2D eigenvalue weighted by molar-refractivity contribution is -0.133. The molecule has 1 aliphatic carbocycles. The number of hydrogen-bond acceptors (Lipinski definition) is 4. The fraction of sp³-hybridized carbons (Fsp3) is 0.529. The summed E-state index contributed by atoms with van der Waals surface area (Å²) in [7, 11) is 1.94. The number of para-hydroxylation sites is 1. The first-order chi connectivity index (χ1) is 11.1. The monoisotopic (exact) mass is 333 g/mol. The molecule has 1 aliphatic heterocycles. The third-order valence-corrected chi connectivity index (χ3v) is 6.00. The van der Waals surface area contributed by atoms with E-state index in [2.05, 4.69) is 9.88 Å². The Kier molecular flexibility index (Phi) is 3.71. The second kappa shape index (κ2) is 5.74. The summed E-state index contributed by atoms with van der Waals surface area (Å²) in [5.41, 5.74) is 0.468. The van der Waals surface area contributed by atoms with Gasteiger partial charge in [-0.1, -0.05) is 17.4 Å². The molecule has 0 bridgehead atoms. The van der Waals surface area contributed by atoms with Gasteiger partial charge in [0.1, 0.15) is 11.3 Å². The van der Waals surface area contributed by atoms with Gasteiger partial charge in [-0.05, 0) is 37.8 Å². The van der Waals surface area contributed by atoms with Crippen LogP contribution in [0.5, 0.6) is 0 Å². The molecule has 0 radical (unpaired) electrons. The molecule has 2 fully saturated rings. The summed E-state index contributed by atoms with van der Waals surface area (Å²) in [4.78, 5) is 20.8. The van der Waals surface area contributed by atoms with Gasteiger partial charge >= 0.3 is 0 Å². The van der Waals surface area contributed by atoms with Crippen LogP contribution in [0.15, 0.2) is 18.2 Å². The Balaban J connectivity index is 1.44. The highest BCUT2D eigenvalue weighted by atomic mass is 32.1. The van der Waals surface area contributed by atoms with Gasteiger partial charge in [0.05, 0.1) is 4.70 Å². The molecule has 0 unspecified atom stereocenters. The summed E-state index contributed by atoms with van der Waals surface area (Å²) in [6, 6.07) is 5.42. The van der Waals surface area contributed by atoms with Crippen LogP contribution in [0.25, 0.3) is 10.2 Å². The van der Waals surface area contributed by atoms with E-state index in [1.54, 1.807) is 17.4 Å². The lowest BCUT2D eigenvalue weighted by Crippen LogP contribution is -2.46. The van der Waals surface area contributed by atoms with Gasteiger partial charge < -0.3 is 9.80 Å². The van der Waals surface area contributed by atoms with Crippen molar-refractivity contribution in [2.24, 2.45) is 5.92 Å². The van der Waals surface area contributed by atoms with Gasteiger partial charge in [-0.15, -0.1) is 0 Å². The molecule has 2 aromatic rings. The van der Waals surface area contributed by atoms with Gasteiger partial charge in [0.2, 0.25) is 5.91 Å². The molecule has 1 saturated heterocycles. The van der Waals surface area contributed by atoms with Crippen molar-refractivity contribution in [3.8, 4) is 0 Å². The van der Waals surface area contributed by atoms with Crippen molar-refractivity contribution in [1.29, 1.82) is 0 Å². The third kappa shape index (κ3) is 2.80. The van der Waals surface area contributed by atoms with E-state index < -0.39 is 0 Å². The van der Waals surface area contributed by atoms with Crippen molar-refractivity contribution in [3.05, 3.63) is 24.0 Å². The largest absolute Gasteiger partial charge is 0.348 e. The SMILES string of the molecule is CN(C(=O)C1CC1)C1CCN(c2nc3c(F)cccc3s2)CC1. The number of rotatable bonds is 3. The van der Waals surface area contributed by atoms with E-state index in [0.29, 0.717) is 17.5 Å². The van der Waals surface area contributed by atoms with E-state index in [-0.39, 0.29) is 11.7 Å². The molecule has 122 valence electrons. The molecule has 1 aromatic heterocycles. The van der Waals surface area contributed by atoms with Crippen LogP contribution in [0, 0.1) is 11.7 Å². The molecule has 23 heavy (non-hydrogen) atoms. The number of hydrogen-bond donors (Lipinski definition) is 0. The lowest BCUT2D eigenvalue weighted by atomic mass is 10.0. The van der Waals surface area contributed by atoms with Crippen LogP contribution in [-0.4, -0.2) is 42.0 Å². The van der Waals surface area contributed by atoms with Gasteiger partial charge in [0.15, 0.2) is 5.13 Å². The minimum atomic E-state index is -0.255. The molecule has 1 amide bonds. The highest BCUT2D eigenvalue weighted by Gasteiger charge is 2.35. The molecule has 2 heterocycles. The van der Waals surface area contributed by atoms with Crippen LogP contribution in [0.1, 0.15) is 25.7 Å². The summed E-state index contributed by atoms with van der Waals surface area (Å²) < 4.78 is 14.7. The maximum Gasteiger partial charge on any atom is 0.225 e. The maximum atomic E-state index is 13.8. The zero-order valence-corrected chi connectivity index (χ0v) is 14.0. The highest BCUT2D eigenvalue weighted by molar-refractivity contribution is 7.22. The van der Waals surface area contributed by atoms with Gasteiger partial charge in [-0.3, -0.25) is 4.79 Å². The second-order valence-corrected chi connectivity index (χ2v) is 7.53. The maximum absolute atomic E-state index is 13.8. The highest BCUT2D eigenvalue weighted by Crippen LogP contribution is 2.34. The summed E-state index contributed by atoms with van der Waals surface area (Å²) in [6.45, 7) is 1.74. The van der Waals surface area contributed by atoms with Crippen LogP contribution in [-0.2, 0) is 4.79 Å². The van der Waals surface area contributed by atoms with Crippen LogP contribution in [0.4, 0.5) is 9.52 Å². The lowest BCUT2D eigenvalue weighted by Gasteiger charge is -2.36. The summed E-state index contributed by atoms with van der Waals surface area (Å²) >= 11 is 1.54. The van der Waals surface area contributed by atoms with Crippen molar-refractivity contribution >= 4 is 32.6 Å². The molecule has 2 aliphatic rings. The van der Waals surface area contributed by atoms with Crippen molar-refractivity contribution in [3.63, 3.8) is 0 Å². The summed E-state index contributed by atoms with van der Waals surface area (Å²) in [6.07, 6.45) is 4.01. The van der Waals surface area contributed by atoms with Gasteiger partial charge in [-0.2, -0.15) is 0 Å². The first-order valence-corrected chi connectivity index (χ1v) is 9.02. The van der Waals surface area contributed by atoms with Gasteiger partial charge in [-0.25, -0.2) is 9.37 Å². The standard InChI is InChI=1S/C17H20FN3OS/c1-20(16(22)11-5-6-11)12-7-9-21(10-8-12)17-19-15-13(18)3-2-4-14(15)23-17/h2-4,11-12H,5-10H2,1H3. The number of benzene rings is 1. The number of anilines is 1. The van der Waals surface area contributed by atoms with Crippen molar-refractivity contribution in [1.82, 2.24) is 9.88 Å². The smallest absolute Gasteiger partial charge is 0.225 e. The number of piperidine rings is 1. The minimum absolute atomic E-state index is 0.255. The van der Waals surface area contributed by atoms with E-state index in [4.69, 9.17) is 0 Å². The number of thiazole rings is 1. The predicted octanol–water partition coefficient (Wildman–Crippen LogP) is 3.27. The molecule has 4 nitrogen and oxygen atoms in total. The predicted molar refractivity (Wildman–Crippen MR) is 90.3 cm³/mol. The quantitative estimate of drug-likeness (QED) is 0.865. The molecule has 0 atom stereocenters. The topological polar surface area (TPSA) is 36.4 Å². The number of carbonyl (C=O) groups is 1. The second-order valence-electron chi connectivity index (χ2n) is 6.52. The van der Waals surface area contributed by atoms with Gasteiger partial charge in [0, 0.05) is 32.1 Å². The molecule has 0 spiro atoms. The Morgan fingerprint density at radius 2 is 2.04 bits per heavy atom. The summed E-state index contributed by atoms with van der Waals surface area (Å²) in [5, 5.41) is 0.889. The Bertz CT molecular complexity index is 735. The van der Waals surface area contributed by atoms with E-state index in [9.17, 15) is 9.18 Å². The fourth-order valence-electron chi connectivity index (χ4n) is 3.28. The molecule has 1 saturated carbocycles. The summed E-state index contributed by atoms with van der Waals surface area (Å²) in [5.74, 6) is 0.338. The molecule has 6 heteroatoms. The first kappa shape index (κ1) is 14.9. The molecular weight excluding hydrogens is 313 g/mol. The number of carbonyl (C=O) groups excluding carboxylic acids is 1. The van der Waals surface area contributed by atoms with E-state index in [1.165, 1.54) is 6.07 Å². The Labute approximate surface area is 138 Å². The number of aromatic nitrogens is 1. The van der Waals surface area contributed by atoms with E-state index in [1.807, 2.05) is 18.0 Å². The third-order valence-electron chi connectivity index (χ3n) is 4.92. The van der Waals surface area contributed by atoms with Crippen LogP contribution in [0.2, 0.25) is 0 Å².